The van der Waals surface area contributed by atoms with Crippen molar-refractivity contribution in [1.29, 1.82) is 0 Å². The second kappa shape index (κ2) is 4.49. The Bertz CT molecular complexity index is 568. The lowest BCUT2D eigenvalue weighted by molar-refractivity contribution is 0.171. The third kappa shape index (κ3) is 2.01. The molecule has 2 heterocycles. The molecule has 1 unspecified atom stereocenters. The average molecular weight is 267 g/mol. The van der Waals surface area contributed by atoms with Crippen LogP contribution < -0.4 is 9.47 Å². The van der Waals surface area contributed by atoms with Crippen LogP contribution in [-0.4, -0.2) is 23.4 Å². The molecule has 1 aliphatic rings. The Morgan fingerprint density at radius 1 is 1.22 bits per heavy atom. The molecule has 94 valence electrons. The lowest BCUT2D eigenvalue weighted by Gasteiger charge is -2.18. The Hall–Kier alpha value is -1.75. The van der Waals surface area contributed by atoms with Gasteiger partial charge in [-0.2, -0.15) is 4.98 Å². The predicted molar refractivity (Wildman–Crippen MR) is 65.0 cm³/mol. The minimum atomic E-state index is -0.278. The first-order valence-electron chi connectivity index (χ1n) is 5.62. The van der Waals surface area contributed by atoms with Gasteiger partial charge in [-0.3, -0.25) is 0 Å². The molecule has 0 N–H and O–H groups in total. The number of halogens is 1. The zero-order valence-electron chi connectivity index (χ0n) is 9.72. The Kier molecular flexibility index (Phi) is 2.83. The summed E-state index contributed by atoms with van der Waals surface area (Å²) in [5.74, 6) is 2.32. The van der Waals surface area contributed by atoms with Crippen LogP contribution in [0.3, 0.4) is 0 Å². The van der Waals surface area contributed by atoms with Crippen LogP contribution in [0.5, 0.6) is 11.5 Å². The first kappa shape index (κ1) is 11.3. The summed E-state index contributed by atoms with van der Waals surface area (Å²) in [6.07, 6.45) is 0. The van der Waals surface area contributed by atoms with E-state index in [1.807, 2.05) is 18.2 Å². The maximum absolute atomic E-state index is 5.89. The number of rotatable bonds is 2. The molecule has 0 spiro atoms. The van der Waals surface area contributed by atoms with Crippen LogP contribution in [0, 0.1) is 0 Å². The SMILES string of the molecule is CC(Cl)c1noc(-c2ccc3c(c2)OCCO3)n1. The maximum atomic E-state index is 5.89. The van der Waals surface area contributed by atoms with Gasteiger partial charge in [0.25, 0.3) is 5.89 Å². The van der Waals surface area contributed by atoms with Crippen molar-refractivity contribution in [2.45, 2.75) is 12.3 Å². The highest BCUT2D eigenvalue weighted by molar-refractivity contribution is 6.20. The van der Waals surface area contributed by atoms with Gasteiger partial charge in [-0.1, -0.05) is 5.16 Å². The zero-order chi connectivity index (χ0) is 12.5. The Morgan fingerprint density at radius 2 is 2.00 bits per heavy atom. The largest absolute Gasteiger partial charge is 0.486 e. The van der Waals surface area contributed by atoms with E-state index in [2.05, 4.69) is 10.1 Å². The predicted octanol–water partition coefficient (Wildman–Crippen LogP) is 2.81. The molecule has 1 aliphatic heterocycles. The summed E-state index contributed by atoms with van der Waals surface area (Å²) in [6.45, 7) is 2.91. The summed E-state index contributed by atoms with van der Waals surface area (Å²) in [5, 5.41) is 3.54. The number of ether oxygens (including phenoxy) is 2. The Labute approximate surface area is 109 Å². The summed E-state index contributed by atoms with van der Waals surface area (Å²) in [6, 6.07) is 5.51. The Morgan fingerprint density at radius 3 is 2.72 bits per heavy atom. The summed E-state index contributed by atoms with van der Waals surface area (Å²) in [4.78, 5) is 4.22. The van der Waals surface area contributed by atoms with E-state index >= 15 is 0 Å². The minimum absolute atomic E-state index is 0.278. The van der Waals surface area contributed by atoms with E-state index in [0.29, 0.717) is 30.7 Å². The van der Waals surface area contributed by atoms with Gasteiger partial charge in [0.1, 0.15) is 13.2 Å². The summed E-state index contributed by atoms with van der Waals surface area (Å²) < 4.78 is 16.1. The van der Waals surface area contributed by atoms with Crippen LogP contribution in [0.4, 0.5) is 0 Å². The quantitative estimate of drug-likeness (QED) is 0.783. The van der Waals surface area contributed by atoms with Gasteiger partial charge in [0.15, 0.2) is 17.3 Å². The van der Waals surface area contributed by atoms with Crippen LogP contribution in [0.15, 0.2) is 22.7 Å². The molecule has 0 saturated carbocycles. The molecule has 2 aromatic rings. The van der Waals surface area contributed by atoms with Gasteiger partial charge in [0.2, 0.25) is 0 Å². The van der Waals surface area contributed by atoms with E-state index in [-0.39, 0.29) is 5.38 Å². The molecule has 5 nitrogen and oxygen atoms in total. The molecule has 0 amide bonds. The molecular formula is C12H11ClN2O3. The van der Waals surface area contributed by atoms with Crippen molar-refractivity contribution in [2.75, 3.05) is 13.2 Å². The van der Waals surface area contributed by atoms with Crippen molar-refractivity contribution in [3.63, 3.8) is 0 Å². The van der Waals surface area contributed by atoms with Gasteiger partial charge in [0.05, 0.1) is 5.38 Å². The number of benzene rings is 1. The number of fused-ring (bicyclic) bond motifs is 1. The van der Waals surface area contributed by atoms with Crippen LogP contribution in [0.2, 0.25) is 0 Å². The van der Waals surface area contributed by atoms with Gasteiger partial charge in [-0.15, -0.1) is 11.6 Å². The fourth-order valence-corrected chi connectivity index (χ4v) is 1.78. The van der Waals surface area contributed by atoms with E-state index in [9.17, 15) is 0 Å². The lowest BCUT2D eigenvalue weighted by Crippen LogP contribution is -2.15. The summed E-state index contributed by atoms with van der Waals surface area (Å²) >= 11 is 5.89. The second-order valence-corrected chi connectivity index (χ2v) is 4.59. The summed E-state index contributed by atoms with van der Waals surface area (Å²) in [5.41, 5.74) is 0.787. The van der Waals surface area contributed by atoms with Crippen molar-refractivity contribution in [2.24, 2.45) is 0 Å². The molecule has 1 aromatic heterocycles. The van der Waals surface area contributed by atoms with E-state index in [1.54, 1.807) is 6.92 Å². The fraction of sp³-hybridized carbons (Fsp3) is 0.333. The van der Waals surface area contributed by atoms with Gasteiger partial charge in [-0.05, 0) is 25.1 Å². The molecule has 0 saturated heterocycles. The Balaban J connectivity index is 1.95. The third-order valence-electron chi connectivity index (χ3n) is 2.59. The molecule has 3 rings (SSSR count). The first-order valence-corrected chi connectivity index (χ1v) is 6.05. The topological polar surface area (TPSA) is 57.4 Å². The van der Waals surface area contributed by atoms with Gasteiger partial charge in [0, 0.05) is 5.56 Å². The van der Waals surface area contributed by atoms with Gasteiger partial charge >= 0.3 is 0 Å². The fourth-order valence-electron chi connectivity index (χ4n) is 1.69. The van der Waals surface area contributed by atoms with Crippen molar-refractivity contribution < 1.29 is 14.0 Å². The van der Waals surface area contributed by atoms with Crippen LogP contribution in [0.1, 0.15) is 18.1 Å². The van der Waals surface area contributed by atoms with Crippen molar-refractivity contribution in [3.05, 3.63) is 24.0 Å². The smallest absolute Gasteiger partial charge is 0.258 e. The monoisotopic (exact) mass is 266 g/mol. The van der Waals surface area contributed by atoms with E-state index < -0.39 is 0 Å². The molecule has 0 fully saturated rings. The van der Waals surface area contributed by atoms with Crippen LogP contribution in [-0.2, 0) is 0 Å². The molecule has 6 heteroatoms. The maximum Gasteiger partial charge on any atom is 0.258 e. The normalized spacial score (nSPS) is 15.4. The summed E-state index contributed by atoms with van der Waals surface area (Å²) in [7, 11) is 0. The molecular weight excluding hydrogens is 256 g/mol. The van der Waals surface area contributed by atoms with Crippen LogP contribution in [0.25, 0.3) is 11.5 Å². The minimum Gasteiger partial charge on any atom is -0.486 e. The standard InChI is InChI=1S/C12H11ClN2O3/c1-7(13)11-14-12(18-15-11)8-2-3-9-10(6-8)17-5-4-16-9/h2-3,6-7H,4-5H2,1H3. The lowest BCUT2D eigenvalue weighted by atomic mass is 10.2. The van der Waals surface area contributed by atoms with E-state index in [1.165, 1.54) is 0 Å². The zero-order valence-corrected chi connectivity index (χ0v) is 10.5. The van der Waals surface area contributed by atoms with E-state index in [4.69, 9.17) is 25.6 Å². The number of nitrogens with zero attached hydrogens (tertiary/aromatic N) is 2. The number of hydrogen-bond acceptors (Lipinski definition) is 5. The van der Waals surface area contributed by atoms with Crippen molar-refractivity contribution >= 4 is 11.6 Å². The highest BCUT2D eigenvalue weighted by Gasteiger charge is 2.16. The highest BCUT2D eigenvalue weighted by atomic mass is 35.5. The highest BCUT2D eigenvalue weighted by Crippen LogP contribution is 2.34. The molecule has 0 radical (unpaired) electrons. The first-order chi connectivity index (χ1) is 8.74. The molecule has 1 aromatic carbocycles. The molecule has 0 bridgehead atoms. The number of aromatic nitrogens is 2. The second-order valence-electron chi connectivity index (χ2n) is 3.93. The van der Waals surface area contributed by atoms with Crippen molar-refractivity contribution in [1.82, 2.24) is 10.1 Å². The average Bonchev–Trinajstić information content (AvgIpc) is 2.88. The van der Waals surface area contributed by atoms with Gasteiger partial charge in [-0.25, -0.2) is 0 Å². The molecule has 0 aliphatic carbocycles. The molecule has 18 heavy (non-hydrogen) atoms. The van der Waals surface area contributed by atoms with Gasteiger partial charge < -0.3 is 14.0 Å². The molecule has 1 atom stereocenters. The van der Waals surface area contributed by atoms with E-state index in [0.717, 1.165) is 11.3 Å². The number of alkyl halides is 1. The third-order valence-corrected chi connectivity index (χ3v) is 2.78. The number of hydrogen-bond donors (Lipinski definition) is 0. The van der Waals surface area contributed by atoms with Crippen molar-refractivity contribution in [3.8, 4) is 23.0 Å². The van der Waals surface area contributed by atoms with Crippen LogP contribution >= 0.6 is 11.6 Å².